The molecule has 0 spiro atoms. The van der Waals surface area contributed by atoms with Crippen molar-refractivity contribution in [1.29, 1.82) is 0 Å². The normalized spacial score (nSPS) is 15.0. The molecule has 4 rings (SSSR count). The number of aromatic nitrogens is 3. The van der Waals surface area contributed by atoms with E-state index < -0.39 is 0 Å². The van der Waals surface area contributed by atoms with Gasteiger partial charge in [-0.25, -0.2) is 9.97 Å². The lowest BCUT2D eigenvalue weighted by Crippen LogP contribution is -2.45. The molecule has 3 aromatic rings. The predicted molar refractivity (Wildman–Crippen MR) is 98.8 cm³/mol. The fraction of sp³-hybridized carbons (Fsp3) is 0.333. The highest BCUT2D eigenvalue weighted by molar-refractivity contribution is 6.11. The number of hydrogen-bond acceptors (Lipinski definition) is 4. The lowest BCUT2D eigenvalue weighted by molar-refractivity contribution is 0.323. The molecule has 0 bridgehead atoms. The maximum atomic E-state index is 4.58. The number of nitrogens with one attached hydrogen (secondary N) is 1. The zero-order valence-corrected chi connectivity index (χ0v) is 12.7. The van der Waals surface area contributed by atoms with Gasteiger partial charge in [-0.2, -0.15) is 0 Å². The molecule has 1 aliphatic rings. The number of piperazine rings is 1. The van der Waals surface area contributed by atoms with E-state index in [4.69, 9.17) is 0 Å². The van der Waals surface area contributed by atoms with Crippen LogP contribution < -0.4 is 4.90 Å². The number of para-hydroxylation sites is 1. The molecule has 5 heteroatoms. The van der Waals surface area contributed by atoms with E-state index >= 15 is 0 Å². The number of rotatable bonds is 2. The van der Waals surface area contributed by atoms with Crippen LogP contribution in [0.4, 0.5) is 5.82 Å². The number of benzene rings is 1. The van der Waals surface area contributed by atoms with Crippen molar-refractivity contribution in [3.05, 3.63) is 42.9 Å². The lowest BCUT2D eigenvalue weighted by Gasteiger charge is -2.37. The molecule has 0 atom stereocenters. The van der Waals surface area contributed by atoms with Crippen molar-refractivity contribution in [1.82, 2.24) is 19.9 Å². The summed E-state index contributed by atoms with van der Waals surface area (Å²) < 4.78 is 0. The van der Waals surface area contributed by atoms with Crippen LogP contribution in [0.25, 0.3) is 21.9 Å². The Morgan fingerprint density at radius 1 is 1.17 bits per heavy atom. The average Bonchev–Trinajstić information content (AvgIpc) is 2.93. The van der Waals surface area contributed by atoms with E-state index in [2.05, 4.69) is 56.5 Å². The van der Waals surface area contributed by atoms with Crippen LogP contribution in [0.1, 0.15) is 15.8 Å². The summed E-state index contributed by atoms with van der Waals surface area (Å²) in [6, 6.07) is 8.31. The predicted octanol–water partition coefficient (Wildman–Crippen LogP) is 3.65. The van der Waals surface area contributed by atoms with Crippen molar-refractivity contribution < 1.29 is 1.43 Å². The highest BCUT2D eigenvalue weighted by Crippen LogP contribution is 2.31. The van der Waals surface area contributed by atoms with Crippen LogP contribution in [0.2, 0.25) is 0 Å². The van der Waals surface area contributed by atoms with Gasteiger partial charge in [0.05, 0.1) is 5.39 Å². The maximum absolute atomic E-state index is 4.58. The second kappa shape index (κ2) is 5.91. The van der Waals surface area contributed by atoms with Gasteiger partial charge >= 0.3 is 0 Å². The molecular formula is C18H25N5. The smallest absolute Gasteiger partial charge is 0.143 e. The van der Waals surface area contributed by atoms with Crippen LogP contribution in [0, 0.1) is 0 Å². The topological polar surface area (TPSA) is 48.1 Å². The Labute approximate surface area is 138 Å². The first-order valence-corrected chi connectivity index (χ1v) is 7.61. The quantitative estimate of drug-likeness (QED) is 0.785. The zero-order valence-electron chi connectivity index (χ0n) is 12.7. The molecule has 0 aliphatic carbocycles. The van der Waals surface area contributed by atoms with E-state index in [1.54, 1.807) is 6.33 Å². The molecule has 3 heterocycles. The molecular weight excluding hydrogens is 286 g/mol. The number of allylic oxidation sites excluding steroid dienone is 1. The van der Waals surface area contributed by atoms with Gasteiger partial charge in [0.15, 0.2) is 0 Å². The number of H-pyrrole nitrogens is 1. The van der Waals surface area contributed by atoms with Gasteiger partial charge in [0.2, 0.25) is 0 Å². The number of nitrogens with zero attached hydrogens (tertiary/aromatic N) is 4. The van der Waals surface area contributed by atoms with Crippen LogP contribution in [0.3, 0.4) is 0 Å². The molecule has 0 amide bonds. The summed E-state index contributed by atoms with van der Waals surface area (Å²) in [5, 5.41) is 2.32. The van der Waals surface area contributed by atoms with Gasteiger partial charge in [0.1, 0.15) is 17.8 Å². The Morgan fingerprint density at radius 3 is 2.65 bits per heavy atom. The number of hydrogen-bond donors (Lipinski definition) is 1. The third kappa shape index (κ3) is 2.52. The van der Waals surface area contributed by atoms with Gasteiger partial charge in [-0.15, -0.1) is 0 Å². The Bertz CT molecular complexity index is 849. The molecule has 1 aromatic carbocycles. The zero-order chi connectivity index (χ0) is 15.1. The minimum Gasteiger partial charge on any atom is -0.372 e. The highest BCUT2D eigenvalue weighted by Gasteiger charge is 2.21. The summed E-state index contributed by atoms with van der Waals surface area (Å²) in [5.41, 5.74) is 3.16. The molecule has 2 aromatic heterocycles. The fourth-order valence-corrected chi connectivity index (χ4v) is 3.20. The summed E-state index contributed by atoms with van der Waals surface area (Å²) in [6.45, 7) is 10.00. The molecule has 1 fully saturated rings. The van der Waals surface area contributed by atoms with E-state index in [1.165, 1.54) is 5.39 Å². The van der Waals surface area contributed by atoms with Crippen LogP contribution in [0.5, 0.6) is 0 Å². The van der Waals surface area contributed by atoms with Crippen LogP contribution >= 0.6 is 0 Å². The molecule has 0 unspecified atom stereocenters. The van der Waals surface area contributed by atoms with Crippen LogP contribution in [-0.2, 0) is 0 Å². The molecule has 5 nitrogen and oxygen atoms in total. The van der Waals surface area contributed by atoms with E-state index in [-0.39, 0.29) is 8.85 Å². The van der Waals surface area contributed by atoms with Crippen LogP contribution in [-0.4, -0.2) is 46.0 Å². The minimum atomic E-state index is 0. The Hall–Kier alpha value is -2.56. The Balaban J connectivity index is 0.00000104. The third-order valence-corrected chi connectivity index (χ3v) is 4.40. The Morgan fingerprint density at radius 2 is 1.91 bits per heavy atom. The van der Waals surface area contributed by atoms with Gasteiger partial charge in [-0.3, -0.25) is 0 Å². The molecule has 23 heavy (non-hydrogen) atoms. The van der Waals surface area contributed by atoms with Gasteiger partial charge in [-0.05, 0) is 13.0 Å². The molecule has 1 saturated heterocycles. The van der Waals surface area contributed by atoms with Crippen molar-refractivity contribution in [3.8, 4) is 0 Å². The monoisotopic (exact) mass is 311 g/mol. The summed E-state index contributed by atoms with van der Waals surface area (Å²) >= 11 is 0. The fourth-order valence-electron chi connectivity index (χ4n) is 3.20. The van der Waals surface area contributed by atoms with E-state index in [0.717, 1.165) is 54.2 Å². The molecule has 0 saturated carbocycles. The SMILES string of the molecule is C.C=C(C)N1CCN(c2ncnc3[nH]c4ccccc4c23)CC1.[HH]. The third-order valence-electron chi connectivity index (χ3n) is 4.40. The largest absolute Gasteiger partial charge is 0.372 e. The molecule has 0 radical (unpaired) electrons. The number of fused-ring (bicyclic) bond motifs is 3. The van der Waals surface area contributed by atoms with E-state index in [1.807, 2.05) is 6.07 Å². The van der Waals surface area contributed by atoms with E-state index in [0.29, 0.717) is 0 Å². The first-order chi connectivity index (χ1) is 10.7. The highest BCUT2D eigenvalue weighted by atomic mass is 15.3. The van der Waals surface area contributed by atoms with Gasteiger partial charge < -0.3 is 14.8 Å². The summed E-state index contributed by atoms with van der Waals surface area (Å²) in [5.74, 6) is 1.03. The van der Waals surface area contributed by atoms with Crippen molar-refractivity contribution in [3.63, 3.8) is 0 Å². The lowest BCUT2D eigenvalue weighted by atomic mass is 10.2. The standard InChI is InChI=1S/C17H19N5.CH4.H2/c1-12(2)21-7-9-22(10-8-21)17-15-13-5-3-4-6-14(13)20-16(15)18-11-19-17;;/h3-6,11H,1,7-10H2,2H3,(H,18,19,20);1H4;1H. The van der Waals surface area contributed by atoms with Crippen molar-refractivity contribution in [2.24, 2.45) is 0 Å². The molecule has 122 valence electrons. The Kier molecular flexibility index (Phi) is 3.94. The van der Waals surface area contributed by atoms with Crippen LogP contribution in [0.15, 0.2) is 42.9 Å². The number of aromatic amines is 1. The van der Waals surface area contributed by atoms with Gasteiger partial charge in [-0.1, -0.05) is 32.2 Å². The molecule has 1 N–H and O–H groups in total. The van der Waals surface area contributed by atoms with Gasteiger partial charge in [0, 0.05) is 44.2 Å². The van der Waals surface area contributed by atoms with Crippen molar-refractivity contribution in [2.45, 2.75) is 14.4 Å². The minimum absolute atomic E-state index is 0. The van der Waals surface area contributed by atoms with Crippen molar-refractivity contribution >= 4 is 27.8 Å². The van der Waals surface area contributed by atoms with Crippen molar-refractivity contribution in [2.75, 3.05) is 31.1 Å². The average molecular weight is 311 g/mol. The number of anilines is 1. The second-order valence-electron chi connectivity index (χ2n) is 5.80. The second-order valence-corrected chi connectivity index (χ2v) is 5.80. The summed E-state index contributed by atoms with van der Waals surface area (Å²) in [4.78, 5) is 17.0. The maximum Gasteiger partial charge on any atom is 0.143 e. The van der Waals surface area contributed by atoms with Gasteiger partial charge in [0.25, 0.3) is 0 Å². The summed E-state index contributed by atoms with van der Waals surface area (Å²) in [7, 11) is 0. The summed E-state index contributed by atoms with van der Waals surface area (Å²) in [6.07, 6.45) is 1.65. The first-order valence-electron chi connectivity index (χ1n) is 7.61. The van der Waals surface area contributed by atoms with E-state index in [9.17, 15) is 0 Å². The molecule has 1 aliphatic heterocycles. The first kappa shape index (κ1) is 15.3.